The highest BCUT2D eigenvalue weighted by Crippen LogP contribution is 2.27. The maximum absolute atomic E-state index is 13.3. The molecule has 0 amide bonds. The Kier molecular flexibility index (Phi) is 2.04. The summed E-state index contributed by atoms with van der Waals surface area (Å²) in [6, 6.07) is 3.29. The Hall–Kier alpha value is -0.960. The zero-order chi connectivity index (χ0) is 9.42. The molecule has 1 heterocycles. The zero-order valence-electron chi connectivity index (χ0n) is 7.40. The molecule has 0 radical (unpaired) electrons. The van der Waals surface area contributed by atoms with E-state index in [4.69, 9.17) is 0 Å². The van der Waals surface area contributed by atoms with Crippen molar-refractivity contribution < 1.29 is 8.78 Å². The highest BCUT2D eigenvalue weighted by atomic mass is 19.2. The topological polar surface area (TPSA) is 12.0 Å². The van der Waals surface area contributed by atoms with Crippen LogP contribution in [0.2, 0.25) is 0 Å². The fourth-order valence-electron chi connectivity index (χ4n) is 1.48. The number of rotatable bonds is 1. The summed E-state index contributed by atoms with van der Waals surface area (Å²) in [6.45, 7) is 2.45. The van der Waals surface area contributed by atoms with Crippen molar-refractivity contribution >= 4 is 0 Å². The van der Waals surface area contributed by atoms with Gasteiger partial charge in [0.25, 0.3) is 0 Å². The molecule has 1 aromatic rings. The fraction of sp³-hybridized carbons (Fsp3) is 0.400. The summed E-state index contributed by atoms with van der Waals surface area (Å²) in [5.74, 6) is -1.41. The molecule has 1 nitrogen and oxygen atoms in total. The molecule has 1 aliphatic heterocycles. The number of halogens is 2. The molecule has 0 bridgehead atoms. The molecular weight excluding hydrogens is 172 g/mol. The van der Waals surface area contributed by atoms with Crippen LogP contribution >= 0.6 is 0 Å². The van der Waals surface area contributed by atoms with Crippen molar-refractivity contribution in [2.45, 2.75) is 19.4 Å². The molecule has 0 aromatic heterocycles. The summed E-state index contributed by atoms with van der Waals surface area (Å²) in [7, 11) is 0. The summed E-state index contributed by atoms with van der Waals surface area (Å²) in [5, 5.41) is 3.04. The Morgan fingerprint density at radius 1 is 1.31 bits per heavy atom. The van der Waals surface area contributed by atoms with Crippen molar-refractivity contribution in [2.24, 2.45) is 0 Å². The van der Waals surface area contributed by atoms with Gasteiger partial charge < -0.3 is 5.32 Å². The first-order chi connectivity index (χ1) is 6.20. The lowest BCUT2D eigenvalue weighted by molar-refractivity contribution is 0.362. The lowest BCUT2D eigenvalue weighted by Crippen LogP contribution is -2.35. The Balaban J connectivity index is 2.41. The molecule has 1 N–H and O–H groups in total. The van der Waals surface area contributed by atoms with Crippen LogP contribution in [0, 0.1) is 18.6 Å². The third kappa shape index (κ3) is 1.33. The van der Waals surface area contributed by atoms with Crippen LogP contribution in [0.5, 0.6) is 0 Å². The maximum Gasteiger partial charge on any atom is 0.163 e. The lowest BCUT2D eigenvalue weighted by atomic mass is 9.96. The molecule has 13 heavy (non-hydrogen) atoms. The quantitative estimate of drug-likeness (QED) is 0.704. The summed E-state index contributed by atoms with van der Waals surface area (Å²) in [4.78, 5) is 0. The Morgan fingerprint density at radius 3 is 2.54 bits per heavy atom. The van der Waals surface area contributed by atoms with Crippen molar-refractivity contribution in [3.05, 3.63) is 34.9 Å². The molecule has 1 aromatic carbocycles. The summed E-state index contributed by atoms with van der Waals surface area (Å²) < 4.78 is 26.4. The van der Waals surface area contributed by atoms with Crippen molar-refractivity contribution in [1.29, 1.82) is 0 Å². The number of benzene rings is 1. The molecule has 1 unspecified atom stereocenters. The molecule has 0 aliphatic carbocycles. The van der Waals surface area contributed by atoms with Crippen molar-refractivity contribution in [2.75, 3.05) is 6.54 Å². The predicted octanol–water partition coefficient (Wildman–Crippen LogP) is 2.31. The van der Waals surface area contributed by atoms with E-state index >= 15 is 0 Å². The van der Waals surface area contributed by atoms with E-state index in [1.54, 1.807) is 19.1 Å². The minimum atomic E-state index is -0.716. The first-order valence-electron chi connectivity index (χ1n) is 4.38. The van der Waals surface area contributed by atoms with Gasteiger partial charge in [-0.05, 0) is 25.5 Å². The van der Waals surface area contributed by atoms with Gasteiger partial charge in [0.2, 0.25) is 0 Å². The van der Waals surface area contributed by atoms with Gasteiger partial charge in [0.1, 0.15) is 0 Å². The first kappa shape index (κ1) is 8.63. The van der Waals surface area contributed by atoms with Gasteiger partial charge in [-0.3, -0.25) is 0 Å². The van der Waals surface area contributed by atoms with Crippen LogP contribution in [0.4, 0.5) is 8.78 Å². The molecule has 1 aliphatic rings. The van der Waals surface area contributed by atoms with E-state index in [0.717, 1.165) is 13.0 Å². The number of hydrogen-bond donors (Lipinski definition) is 1. The van der Waals surface area contributed by atoms with Crippen molar-refractivity contribution in [1.82, 2.24) is 5.32 Å². The zero-order valence-corrected chi connectivity index (χ0v) is 7.40. The molecule has 3 heteroatoms. The van der Waals surface area contributed by atoms with Crippen molar-refractivity contribution in [3.63, 3.8) is 0 Å². The summed E-state index contributed by atoms with van der Waals surface area (Å²) in [5.41, 5.74) is 0.815. The van der Waals surface area contributed by atoms with Crippen LogP contribution in [0.1, 0.15) is 23.6 Å². The van der Waals surface area contributed by atoms with Gasteiger partial charge in [-0.25, -0.2) is 8.78 Å². The smallest absolute Gasteiger partial charge is 0.163 e. The van der Waals surface area contributed by atoms with Crippen LogP contribution in [0.3, 0.4) is 0 Å². The third-order valence-corrected chi connectivity index (χ3v) is 2.50. The molecule has 1 atom stereocenters. The standard InChI is InChI=1S/C10H11F2N/c1-6-2-3-7(8-4-5-13-8)10(12)9(6)11/h2-3,8,13H,4-5H2,1H3. The fourth-order valence-corrected chi connectivity index (χ4v) is 1.48. The lowest BCUT2D eigenvalue weighted by Gasteiger charge is -2.28. The average molecular weight is 183 g/mol. The molecular formula is C10H11F2N. The molecule has 1 fully saturated rings. The first-order valence-corrected chi connectivity index (χ1v) is 4.38. The second-order valence-corrected chi connectivity index (χ2v) is 3.40. The Morgan fingerprint density at radius 2 is 2.00 bits per heavy atom. The van der Waals surface area contributed by atoms with Crippen LogP contribution in [0.25, 0.3) is 0 Å². The van der Waals surface area contributed by atoms with Gasteiger partial charge in [0, 0.05) is 11.6 Å². The van der Waals surface area contributed by atoms with Gasteiger partial charge in [0.05, 0.1) is 0 Å². The van der Waals surface area contributed by atoms with Crippen LogP contribution in [0.15, 0.2) is 12.1 Å². The number of hydrogen-bond acceptors (Lipinski definition) is 1. The van der Waals surface area contributed by atoms with E-state index in [-0.39, 0.29) is 6.04 Å². The predicted molar refractivity (Wildman–Crippen MR) is 46.5 cm³/mol. The van der Waals surface area contributed by atoms with Crippen LogP contribution < -0.4 is 5.32 Å². The van der Waals surface area contributed by atoms with Gasteiger partial charge in [-0.15, -0.1) is 0 Å². The van der Waals surface area contributed by atoms with E-state index in [0.29, 0.717) is 11.1 Å². The van der Waals surface area contributed by atoms with E-state index in [2.05, 4.69) is 5.32 Å². The number of aryl methyl sites for hydroxylation is 1. The van der Waals surface area contributed by atoms with Crippen LogP contribution in [-0.2, 0) is 0 Å². The second-order valence-electron chi connectivity index (χ2n) is 3.40. The molecule has 2 rings (SSSR count). The minimum Gasteiger partial charge on any atom is -0.310 e. The van der Waals surface area contributed by atoms with Gasteiger partial charge in [0.15, 0.2) is 11.6 Å². The second kappa shape index (κ2) is 3.07. The van der Waals surface area contributed by atoms with Gasteiger partial charge in [-0.1, -0.05) is 12.1 Å². The average Bonchev–Trinajstić information content (AvgIpc) is 2.03. The maximum atomic E-state index is 13.3. The highest BCUT2D eigenvalue weighted by molar-refractivity contribution is 5.28. The third-order valence-electron chi connectivity index (χ3n) is 2.50. The highest BCUT2D eigenvalue weighted by Gasteiger charge is 2.23. The SMILES string of the molecule is Cc1ccc(C2CCN2)c(F)c1F. The monoisotopic (exact) mass is 183 g/mol. The van der Waals surface area contributed by atoms with E-state index in [1.165, 1.54) is 0 Å². The van der Waals surface area contributed by atoms with Crippen molar-refractivity contribution in [3.8, 4) is 0 Å². The Labute approximate surface area is 75.8 Å². The normalized spacial score (nSPS) is 21.3. The molecule has 1 saturated heterocycles. The van der Waals surface area contributed by atoms with Gasteiger partial charge in [-0.2, -0.15) is 0 Å². The largest absolute Gasteiger partial charge is 0.310 e. The number of nitrogens with one attached hydrogen (secondary N) is 1. The summed E-state index contributed by atoms with van der Waals surface area (Å²) >= 11 is 0. The van der Waals surface area contributed by atoms with E-state index < -0.39 is 11.6 Å². The molecule has 0 spiro atoms. The molecule has 0 saturated carbocycles. The van der Waals surface area contributed by atoms with E-state index in [1.807, 2.05) is 0 Å². The Bertz CT molecular complexity index is 332. The van der Waals surface area contributed by atoms with E-state index in [9.17, 15) is 8.78 Å². The summed E-state index contributed by atoms with van der Waals surface area (Å²) in [6.07, 6.45) is 0.888. The van der Waals surface area contributed by atoms with Crippen LogP contribution in [-0.4, -0.2) is 6.54 Å². The minimum absolute atomic E-state index is 0.00935. The van der Waals surface area contributed by atoms with Gasteiger partial charge >= 0.3 is 0 Å². The molecule has 70 valence electrons.